The van der Waals surface area contributed by atoms with Gasteiger partial charge in [0.05, 0.1) is 11.9 Å². The largest absolute Gasteiger partial charge is 0.401 e. The third-order valence-electron chi connectivity index (χ3n) is 0.879. The maximum Gasteiger partial charge on any atom is 0.0687 e. The zero-order valence-corrected chi connectivity index (χ0v) is 6.39. The van der Waals surface area contributed by atoms with E-state index in [0.29, 0.717) is 17.1 Å². The lowest BCUT2D eigenvalue weighted by Gasteiger charge is -1.93. The molecule has 4 N–H and O–H groups in total. The first-order valence-corrected chi connectivity index (χ1v) is 2.95. The highest BCUT2D eigenvalue weighted by Gasteiger charge is 1.85. The quantitative estimate of drug-likeness (QED) is 0.554. The average Bonchev–Trinajstić information content (AvgIpc) is 1.82. The summed E-state index contributed by atoms with van der Waals surface area (Å²) in [6.07, 6.45) is 1.50. The zero-order chi connectivity index (χ0) is 8.15. The molecule has 3 nitrogen and oxygen atoms in total. The molecule has 0 fully saturated rings. The number of nitrogens with two attached hydrogens (primary N) is 2. The van der Waals surface area contributed by atoms with Crippen LogP contribution in [0.3, 0.4) is 0 Å². The first-order valence-electron chi connectivity index (χ1n) is 2.95. The van der Waals surface area contributed by atoms with Crippen molar-refractivity contribution in [3.8, 4) is 0 Å². The summed E-state index contributed by atoms with van der Waals surface area (Å²) in [6.45, 7) is 7.08. The van der Waals surface area contributed by atoms with Gasteiger partial charge in [-0.3, -0.25) is 4.99 Å². The minimum atomic E-state index is 0.489. The van der Waals surface area contributed by atoms with Crippen LogP contribution in [-0.4, -0.2) is 6.21 Å². The predicted molar refractivity (Wildman–Crippen MR) is 44.4 cm³/mol. The molecule has 0 unspecified atom stereocenters. The highest BCUT2D eigenvalue weighted by molar-refractivity contribution is 5.78. The molecule has 0 aromatic rings. The van der Waals surface area contributed by atoms with Crippen LogP contribution in [0, 0.1) is 0 Å². The molecule has 0 spiro atoms. The molecular weight excluding hydrogens is 126 g/mol. The van der Waals surface area contributed by atoms with E-state index in [0.717, 1.165) is 0 Å². The Labute approximate surface area is 61.1 Å². The molecule has 0 aliphatic carbocycles. The number of allylic oxidation sites excluding steroid dienone is 3. The van der Waals surface area contributed by atoms with Crippen LogP contribution in [0.5, 0.6) is 0 Å². The highest BCUT2D eigenvalue weighted by atomic mass is 14.8. The fourth-order valence-electron chi connectivity index (χ4n) is 0.282. The first-order chi connectivity index (χ1) is 4.54. The first kappa shape index (κ1) is 8.75. The second-order valence-electron chi connectivity index (χ2n) is 2.13. The van der Waals surface area contributed by atoms with Crippen molar-refractivity contribution in [2.45, 2.75) is 13.8 Å². The number of hydrogen-bond donors (Lipinski definition) is 2. The van der Waals surface area contributed by atoms with Crippen molar-refractivity contribution in [3.63, 3.8) is 0 Å². The number of hydrogen-bond acceptors (Lipinski definition) is 3. The molecule has 0 aliphatic heterocycles. The van der Waals surface area contributed by atoms with Crippen molar-refractivity contribution in [1.82, 2.24) is 0 Å². The molecular formula is C7H13N3. The topological polar surface area (TPSA) is 64.4 Å². The third kappa shape index (κ3) is 3.72. The number of nitrogens with zero attached hydrogens (tertiary/aromatic N) is 1. The van der Waals surface area contributed by atoms with Crippen molar-refractivity contribution >= 4 is 6.21 Å². The predicted octanol–water partition coefficient (Wildman–Crippen LogP) is 0.740. The molecule has 0 saturated heterocycles. The molecule has 0 atom stereocenters. The van der Waals surface area contributed by atoms with Crippen molar-refractivity contribution < 1.29 is 0 Å². The summed E-state index contributed by atoms with van der Waals surface area (Å²) in [6, 6.07) is 0. The van der Waals surface area contributed by atoms with E-state index >= 15 is 0 Å². The van der Waals surface area contributed by atoms with Gasteiger partial charge in [0.1, 0.15) is 0 Å². The summed E-state index contributed by atoms with van der Waals surface area (Å²) in [5.41, 5.74) is 12.6. The molecule has 10 heavy (non-hydrogen) atoms. The fraction of sp³-hybridized carbons (Fsp3) is 0.286. The van der Waals surface area contributed by atoms with E-state index in [9.17, 15) is 0 Å². The van der Waals surface area contributed by atoms with Crippen LogP contribution in [0.1, 0.15) is 13.8 Å². The maximum atomic E-state index is 5.43. The maximum absolute atomic E-state index is 5.43. The van der Waals surface area contributed by atoms with E-state index in [1.165, 1.54) is 6.21 Å². The van der Waals surface area contributed by atoms with Crippen molar-refractivity contribution in [1.29, 1.82) is 0 Å². The van der Waals surface area contributed by atoms with E-state index in [1.807, 2.05) is 0 Å². The minimum Gasteiger partial charge on any atom is -0.401 e. The van der Waals surface area contributed by atoms with Crippen LogP contribution in [0.15, 0.2) is 28.7 Å². The summed E-state index contributed by atoms with van der Waals surface area (Å²) in [5, 5.41) is 0. The second-order valence-corrected chi connectivity index (χ2v) is 2.13. The Kier molecular flexibility index (Phi) is 3.25. The Bertz CT molecular complexity index is 185. The number of rotatable bonds is 2. The number of aliphatic imine (C=N–C) groups is 1. The fourth-order valence-corrected chi connectivity index (χ4v) is 0.282. The normalized spacial score (nSPS) is 13.4. The highest BCUT2D eigenvalue weighted by Crippen LogP contribution is 1.90. The van der Waals surface area contributed by atoms with E-state index in [4.69, 9.17) is 11.5 Å². The van der Waals surface area contributed by atoms with Crippen LogP contribution in [0.2, 0.25) is 0 Å². The summed E-state index contributed by atoms with van der Waals surface area (Å²) in [5.74, 6) is 0. The van der Waals surface area contributed by atoms with Gasteiger partial charge in [-0.05, 0) is 13.8 Å². The van der Waals surface area contributed by atoms with Crippen LogP contribution >= 0.6 is 0 Å². The monoisotopic (exact) mass is 139 g/mol. The van der Waals surface area contributed by atoms with Gasteiger partial charge in [-0.1, -0.05) is 6.58 Å². The van der Waals surface area contributed by atoms with Gasteiger partial charge >= 0.3 is 0 Å². The lowest BCUT2D eigenvalue weighted by molar-refractivity contribution is 1.23. The van der Waals surface area contributed by atoms with Crippen molar-refractivity contribution in [3.05, 3.63) is 23.7 Å². The lowest BCUT2D eigenvalue weighted by atomic mass is 10.4. The van der Waals surface area contributed by atoms with Crippen LogP contribution < -0.4 is 11.5 Å². The third-order valence-corrected chi connectivity index (χ3v) is 0.879. The van der Waals surface area contributed by atoms with Gasteiger partial charge in [0, 0.05) is 11.4 Å². The Morgan fingerprint density at radius 2 is 1.90 bits per heavy atom. The Morgan fingerprint density at radius 3 is 2.20 bits per heavy atom. The van der Waals surface area contributed by atoms with Crippen LogP contribution in [0.25, 0.3) is 0 Å². The average molecular weight is 139 g/mol. The summed E-state index contributed by atoms with van der Waals surface area (Å²) in [7, 11) is 0. The Balaban J connectivity index is 4.16. The van der Waals surface area contributed by atoms with Gasteiger partial charge in [0.25, 0.3) is 0 Å². The minimum absolute atomic E-state index is 0.489. The van der Waals surface area contributed by atoms with Crippen molar-refractivity contribution in [2.75, 3.05) is 0 Å². The smallest absolute Gasteiger partial charge is 0.0687 e. The molecule has 0 saturated carbocycles. The molecule has 0 bridgehead atoms. The van der Waals surface area contributed by atoms with Gasteiger partial charge in [-0.25, -0.2) is 0 Å². The molecule has 3 heteroatoms. The zero-order valence-electron chi connectivity index (χ0n) is 6.39. The van der Waals surface area contributed by atoms with Crippen LogP contribution in [0.4, 0.5) is 0 Å². The summed E-state index contributed by atoms with van der Waals surface area (Å²) in [4.78, 5) is 3.86. The van der Waals surface area contributed by atoms with Crippen molar-refractivity contribution in [2.24, 2.45) is 16.5 Å². The second kappa shape index (κ2) is 3.71. The summed E-state index contributed by atoms with van der Waals surface area (Å²) < 4.78 is 0. The molecule has 0 amide bonds. The van der Waals surface area contributed by atoms with E-state index in [-0.39, 0.29) is 0 Å². The summed E-state index contributed by atoms with van der Waals surface area (Å²) >= 11 is 0. The van der Waals surface area contributed by atoms with Gasteiger partial charge in [0.15, 0.2) is 0 Å². The van der Waals surface area contributed by atoms with E-state index in [2.05, 4.69) is 11.6 Å². The SMILES string of the molecule is C=C(C)/N=C\C(N)=C(\C)N. The molecule has 0 rings (SSSR count). The van der Waals surface area contributed by atoms with E-state index < -0.39 is 0 Å². The Hall–Kier alpha value is -1.25. The Morgan fingerprint density at radius 1 is 1.40 bits per heavy atom. The molecule has 0 radical (unpaired) electrons. The molecule has 56 valence electrons. The molecule has 0 aliphatic rings. The molecule has 0 heterocycles. The standard InChI is InChI=1S/C7H13N3/c1-5(2)10-4-7(9)6(3)8/h4H,1,8-9H2,2-3H3/b7-6+,10-4-. The molecule has 0 aromatic heterocycles. The van der Waals surface area contributed by atoms with Crippen LogP contribution in [-0.2, 0) is 0 Å². The van der Waals surface area contributed by atoms with E-state index in [1.54, 1.807) is 13.8 Å². The van der Waals surface area contributed by atoms with Gasteiger partial charge in [-0.2, -0.15) is 0 Å². The van der Waals surface area contributed by atoms with Gasteiger partial charge in [0.2, 0.25) is 0 Å². The molecule has 0 aromatic carbocycles. The lowest BCUT2D eigenvalue weighted by Crippen LogP contribution is -2.07. The van der Waals surface area contributed by atoms with Gasteiger partial charge < -0.3 is 11.5 Å². The van der Waals surface area contributed by atoms with Gasteiger partial charge in [-0.15, -0.1) is 0 Å².